The summed E-state index contributed by atoms with van der Waals surface area (Å²) in [6.07, 6.45) is 1.57. The van der Waals surface area contributed by atoms with Crippen LogP contribution in [0.1, 0.15) is 18.4 Å². The van der Waals surface area contributed by atoms with E-state index in [1.54, 1.807) is 29.2 Å². The number of carbonyl (C=O) groups excluding carboxylic acids is 1. The monoisotopic (exact) mass is 264 g/mol. The van der Waals surface area contributed by atoms with Gasteiger partial charge in [-0.25, -0.2) is 0 Å². The molecule has 0 radical (unpaired) electrons. The Morgan fingerprint density at radius 1 is 1.42 bits per heavy atom. The molecule has 2 rings (SSSR count). The number of aliphatic hydroxyl groups excluding tert-OH is 1. The third kappa shape index (κ3) is 3.68. The molecule has 19 heavy (non-hydrogen) atoms. The third-order valence-electron chi connectivity index (χ3n) is 3.42. The van der Waals surface area contributed by atoms with Crippen LogP contribution in [0.4, 0.5) is 0 Å². The van der Waals surface area contributed by atoms with Crippen molar-refractivity contribution in [2.45, 2.75) is 31.4 Å². The van der Waals surface area contributed by atoms with Gasteiger partial charge in [0.05, 0.1) is 12.1 Å². The second kappa shape index (κ2) is 6.04. The van der Waals surface area contributed by atoms with Gasteiger partial charge in [0.15, 0.2) is 0 Å². The number of aromatic hydroxyl groups is 1. The normalized spacial score (nSPS) is 21.2. The number of aliphatic hydroxyl groups is 1. The van der Waals surface area contributed by atoms with Crippen LogP contribution in [0.3, 0.4) is 0 Å². The number of nitrogens with two attached hydrogens (primary N) is 1. The van der Waals surface area contributed by atoms with Crippen molar-refractivity contribution in [1.82, 2.24) is 4.90 Å². The van der Waals surface area contributed by atoms with Crippen LogP contribution in [0.25, 0.3) is 0 Å². The molecule has 1 aromatic carbocycles. The summed E-state index contributed by atoms with van der Waals surface area (Å²) in [6.45, 7) is 1.04. The largest absolute Gasteiger partial charge is 0.508 e. The number of amides is 1. The Morgan fingerprint density at radius 2 is 2.11 bits per heavy atom. The molecule has 0 aromatic heterocycles. The van der Waals surface area contributed by atoms with Crippen molar-refractivity contribution in [3.8, 4) is 5.75 Å². The van der Waals surface area contributed by atoms with E-state index in [1.165, 1.54) is 0 Å². The summed E-state index contributed by atoms with van der Waals surface area (Å²) in [4.78, 5) is 13.8. The molecule has 1 aromatic rings. The molecule has 0 unspecified atom stereocenters. The standard InChI is InChI=1S/C14H20N2O3/c15-13(8-10-3-5-11(17)6-4-10)14(19)16-7-1-2-12(18)9-16/h3-6,12-13,17-18H,1-2,7-9,15H2/t12-,13+/m0/s1. The Hall–Kier alpha value is -1.59. The molecule has 5 heteroatoms. The Bertz CT molecular complexity index is 433. The lowest BCUT2D eigenvalue weighted by Crippen LogP contribution is -2.50. The van der Waals surface area contributed by atoms with Crippen LogP contribution in [0.5, 0.6) is 5.75 Å². The van der Waals surface area contributed by atoms with Gasteiger partial charge in [0.2, 0.25) is 5.91 Å². The van der Waals surface area contributed by atoms with Crippen LogP contribution in [-0.2, 0) is 11.2 Å². The van der Waals surface area contributed by atoms with Crippen molar-refractivity contribution in [3.63, 3.8) is 0 Å². The fraction of sp³-hybridized carbons (Fsp3) is 0.500. The van der Waals surface area contributed by atoms with Crippen LogP contribution in [0.15, 0.2) is 24.3 Å². The zero-order chi connectivity index (χ0) is 13.8. The summed E-state index contributed by atoms with van der Waals surface area (Å²) in [5, 5.41) is 18.8. The summed E-state index contributed by atoms with van der Waals surface area (Å²) in [6, 6.07) is 6.07. The number of hydrogen-bond donors (Lipinski definition) is 3. The molecule has 1 aliphatic rings. The first kappa shape index (κ1) is 13.8. The lowest BCUT2D eigenvalue weighted by atomic mass is 10.0. The highest BCUT2D eigenvalue weighted by atomic mass is 16.3. The Balaban J connectivity index is 1.93. The number of rotatable bonds is 3. The highest BCUT2D eigenvalue weighted by molar-refractivity contribution is 5.82. The second-order valence-corrected chi connectivity index (χ2v) is 5.06. The predicted molar refractivity (Wildman–Crippen MR) is 71.6 cm³/mol. The molecule has 104 valence electrons. The van der Waals surface area contributed by atoms with Gasteiger partial charge >= 0.3 is 0 Å². The van der Waals surface area contributed by atoms with Gasteiger partial charge < -0.3 is 20.8 Å². The lowest BCUT2D eigenvalue weighted by molar-refractivity contribution is -0.135. The van der Waals surface area contributed by atoms with Crippen LogP contribution < -0.4 is 5.73 Å². The first-order valence-corrected chi connectivity index (χ1v) is 6.56. The maximum atomic E-state index is 12.2. The predicted octanol–water partition coefficient (Wildman–Crippen LogP) is 0.245. The lowest BCUT2D eigenvalue weighted by Gasteiger charge is -2.32. The number of hydrogen-bond acceptors (Lipinski definition) is 4. The van der Waals surface area contributed by atoms with E-state index in [4.69, 9.17) is 5.73 Å². The van der Waals surface area contributed by atoms with Crippen LogP contribution in [0.2, 0.25) is 0 Å². The van der Waals surface area contributed by atoms with E-state index in [2.05, 4.69) is 0 Å². The quantitative estimate of drug-likeness (QED) is 0.730. The fourth-order valence-corrected chi connectivity index (χ4v) is 2.36. The topological polar surface area (TPSA) is 86.8 Å². The first-order valence-electron chi connectivity index (χ1n) is 6.56. The number of β-amino-alcohol motifs (C(OH)–C–C–N with tert-alkyl or cyclic N) is 1. The Kier molecular flexibility index (Phi) is 4.39. The minimum absolute atomic E-state index is 0.119. The number of nitrogens with zero attached hydrogens (tertiary/aromatic N) is 1. The average molecular weight is 264 g/mol. The van der Waals surface area contributed by atoms with Gasteiger partial charge in [-0.15, -0.1) is 0 Å². The molecular weight excluding hydrogens is 244 g/mol. The number of benzene rings is 1. The van der Waals surface area contributed by atoms with Crippen molar-refractivity contribution in [2.24, 2.45) is 5.73 Å². The van der Waals surface area contributed by atoms with Crippen LogP contribution in [0, 0.1) is 0 Å². The number of likely N-dealkylation sites (tertiary alicyclic amines) is 1. The maximum Gasteiger partial charge on any atom is 0.239 e. The molecule has 1 aliphatic heterocycles. The number of carbonyl (C=O) groups is 1. The van der Waals surface area contributed by atoms with E-state index in [0.717, 1.165) is 18.4 Å². The van der Waals surface area contributed by atoms with Gasteiger partial charge in [-0.05, 0) is 37.0 Å². The van der Waals surface area contributed by atoms with E-state index in [1.807, 2.05) is 0 Å². The molecule has 0 bridgehead atoms. The molecule has 1 saturated heterocycles. The molecule has 0 spiro atoms. The number of piperidine rings is 1. The average Bonchev–Trinajstić information content (AvgIpc) is 2.40. The van der Waals surface area contributed by atoms with Crippen molar-refractivity contribution in [3.05, 3.63) is 29.8 Å². The van der Waals surface area contributed by atoms with E-state index >= 15 is 0 Å². The minimum atomic E-state index is -0.602. The summed E-state index contributed by atoms with van der Waals surface area (Å²) < 4.78 is 0. The van der Waals surface area contributed by atoms with Crippen molar-refractivity contribution in [1.29, 1.82) is 0 Å². The molecule has 0 aliphatic carbocycles. The van der Waals surface area contributed by atoms with E-state index < -0.39 is 12.1 Å². The maximum absolute atomic E-state index is 12.2. The summed E-state index contributed by atoms with van der Waals surface area (Å²) >= 11 is 0. The van der Waals surface area contributed by atoms with Crippen LogP contribution >= 0.6 is 0 Å². The molecule has 0 saturated carbocycles. The van der Waals surface area contributed by atoms with Gasteiger partial charge in [-0.2, -0.15) is 0 Å². The van der Waals surface area contributed by atoms with E-state index in [0.29, 0.717) is 19.5 Å². The van der Waals surface area contributed by atoms with Crippen molar-refractivity contribution >= 4 is 5.91 Å². The zero-order valence-electron chi connectivity index (χ0n) is 10.8. The van der Waals surface area contributed by atoms with Gasteiger partial charge in [0.25, 0.3) is 0 Å². The SMILES string of the molecule is N[C@H](Cc1ccc(O)cc1)C(=O)N1CCC[C@H](O)C1. The highest BCUT2D eigenvalue weighted by Crippen LogP contribution is 2.14. The minimum Gasteiger partial charge on any atom is -0.508 e. The molecule has 1 fully saturated rings. The summed E-state index contributed by atoms with van der Waals surface area (Å²) in [7, 11) is 0. The van der Waals surface area contributed by atoms with E-state index in [-0.39, 0.29) is 11.7 Å². The van der Waals surface area contributed by atoms with E-state index in [9.17, 15) is 15.0 Å². The second-order valence-electron chi connectivity index (χ2n) is 5.06. The van der Waals surface area contributed by atoms with Gasteiger partial charge in [0, 0.05) is 13.1 Å². The number of phenols is 1. The zero-order valence-corrected chi connectivity index (χ0v) is 10.8. The fourth-order valence-electron chi connectivity index (χ4n) is 2.36. The van der Waals surface area contributed by atoms with Crippen LogP contribution in [-0.4, -0.2) is 46.3 Å². The summed E-state index contributed by atoms with van der Waals surface area (Å²) in [5.74, 6) is 0.0784. The number of phenolic OH excluding ortho intramolecular Hbond substituents is 1. The highest BCUT2D eigenvalue weighted by Gasteiger charge is 2.26. The van der Waals surface area contributed by atoms with Gasteiger partial charge in [-0.3, -0.25) is 4.79 Å². The molecule has 1 amide bonds. The molecule has 1 heterocycles. The summed E-state index contributed by atoms with van der Waals surface area (Å²) in [5.41, 5.74) is 6.84. The van der Waals surface area contributed by atoms with Crippen molar-refractivity contribution < 1.29 is 15.0 Å². The molecule has 4 N–H and O–H groups in total. The first-order chi connectivity index (χ1) is 9.06. The molecule has 5 nitrogen and oxygen atoms in total. The smallest absolute Gasteiger partial charge is 0.239 e. The molecular formula is C14H20N2O3. The van der Waals surface area contributed by atoms with Crippen molar-refractivity contribution in [2.75, 3.05) is 13.1 Å². The van der Waals surface area contributed by atoms with Gasteiger partial charge in [-0.1, -0.05) is 12.1 Å². The third-order valence-corrected chi connectivity index (χ3v) is 3.42. The van der Waals surface area contributed by atoms with Gasteiger partial charge in [0.1, 0.15) is 5.75 Å². The Morgan fingerprint density at radius 3 is 2.74 bits per heavy atom. The Labute approximate surface area is 112 Å². The molecule has 2 atom stereocenters.